The number of aryl methyl sites for hydroxylation is 1. The number of nitrogens with zero attached hydrogens (tertiary/aromatic N) is 2. The van der Waals surface area contributed by atoms with Crippen LogP contribution in [-0.4, -0.2) is 10.1 Å². The van der Waals surface area contributed by atoms with Crippen molar-refractivity contribution in [3.63, 3.8) is 0 Å². The van der Waals surface area contributed by atoms with Gasteiger partial charge in [0.2, 0.25) is 0 Å². The van der Waals surface area contributed by atoms with Crippen molar-refractivity contribution in [2.45, 2.75) is 20.0 Å². The van der Waals surface area contributed by atoms with E-state index in [2.05, 4.69) is 41.3 Å². The van der Waals surface area contributed by atoms with E-state index in [4.69, 9.17) is 20.7 Å². The minimum atomic E-state index is 0.325. The van der Waals surface area contributed by atoms with Crippen molar-refractivity contribution in [3.8, 4) is 17.1 Å². The van der Waals surface area contributed by atoms with E-state index >= 15 is 0 Å². The molecule has 0 fully saturated rings. The van der Waals surface area contributed by atoms with Gasteiger partial charge in [0.15, 0.2) is 5.76 Å². The Morgan fingerprint density at radius 3 is 2.34 bits per heavy atom. The third-order valence-electron chi connectivity index (χ3n) is 4.61. The van der Waals surface area contributed by atoms with Crippen LogP contribution in [0.1, 0.15) is 22.4 Å². The molecule has 0 radical (unpaired) electrons. The van der Waals surface area contributed by atoms with Crippen molar-refractivity contribution in [2.24, 2.45) is 0 Å². The van der Waals surface area contributed by atoms with E-state index in [1.54, 1.807) is 12.1 Å². The number of rotatable bonds is 6. The maximum Gasteiger partial charge on any atom is 0.170 e. The first-order valence-corrected chi connectivity index (χ1v) is 9.32. The van der Waals surface area contributed by atoms with Gasteiger partial charge in [0, 0.05) is 12.5 Å². The Hall–Kier alpha value is -3.80. The van der Waals surface area contributed by atoms with Crippen molar-refractivity contribution in [1.82, 2.24) is 10.1 Å². The molecule has 4 N–H and O–H groups in total. The number of ether oxygens (including phenoxy) is 1. The highest BCUT2D eigenvalue weighted by Gasteiger charge is 2.11. The Labute approximate surface area is 169 Å². The first kappa shape index (κ1) is 18.6. The molecule has 2 aromatic carbocycles. The molecule has 29 heavy (non-hydrogen) atoms. The Balaban J connectivity index is 1.39. The van der Waals surface area contributed by atoms with Crippen LogP contribution < -0.4 is 16.2 Å². The molecule has 0 aliphatic heterocycles. The Morgan fingerprint density at radius 2 is 1.62 bits per heavy atom. The smallest absolute Gasteiger partial charge is 0.170 e. The second-order valence-corrected chi connectivity index (χ2v) is 6.95. The van der Waals surface area contributed by atoms with Crippen LogP contribution in [0.25, 0.3) is 11.3 Å². The number of pyridine rings is 1. The van der Waals surface area contributed by atoms with E-state index in [9.17, 15) is 0 Å². The summed E-state index contributed by atoms with van der Waals surface area (Å²) in [6, 6.07) is 21.7. The van der Waals surface area contributed by atoms with Gasteiger partial charge in [-0.3, -0.25) is 0 Å². The number of nitrogen functional groups attached to an aromatic ring is 2. The molecule has 0 atom stereocenters. The molecule has 4 rings (SSSR count). The third-order valence-corrected chi connectivity index (χ3v) is 4.61. The second kappa shape index (κ2) is 8.06. The summed E-state index contributed by atoms with van der Waals surface area (Å²) in [4.78, 5) is 4.05. The average Bonchev–Trinajstić information content (AvgIpc) is 3.17. The number of nitrogens with two attached hydrogens (primary N) is 2. The van der Waals surface area contributed by atoms with E-state index < -0.39 is 0 Å². The van der Waals surface area contributed by atoms with Gasteiger partial charge < -0.3 is 20.7 Å². The highest BCUT2D eigenvalue weighted by molar-refractivity contribution is 5.71. The summed E-state index contributed by atoms with van der Waals surface area (Å²) in [7, 11) is 0. The fourth-order valence-electron chi connectivity index (χ4n) is 2.98. The van der Waals surface area contributed by atoms with Crippen molar-refractivity contribution in [1.29, 1.82) is 0 Å². The van der Waals surface area contributed by atoms with Gasteiger partial charge in [-0.25, -0.2) is 4.98 Å². The summed E-state index contributed by atoms with van der Waals surface area (Å²) in [6.07, 6.45) is 0.658. The molecule has 6 heteroatoms. The number of anilines is 2. The van der Waals surface area contributed by atoms with Gasteiger partial charge in [0.1, 0.15) is 24.0 Å². The number of aromatic nitrogens is 2. The lowest BCUT2D eigenvalue weighted by atomic mass is 10.1. The van der Waals surface area contributed by atoms with E-state index in [-0.39, 0.29) is 0 Å². The Morgan fingerprint density at radius 1 is 0.897 bits per heavy atom. The summed E-state index contributed by atoms with van der Waals surface area (Å²) in [6.45, 7) is 2.59. The lowest BCUT2D eigenvalue weighted by molar-refractivity contribution is 0.306. The SMILES string of the molecule is Cc1ccc(OCc2ccc(Cc3cc(-c4ccc(N)nc4N)on3)cc2)cc1. The lowest BCUT2D eigenvalue weighted by Gasteiger charge is -2.07. The Bertz CT molecular complexity index is 1100. The van der Waals surface area contributed by atoms with Crippen LogP contribution in [0.15, 0.2) is 71.3 Å². The molecule has 0 aliphatic rings. The molecule has 0 unspecified atom stereocenters. The van der Waals surface area contributed by atoms with Crippen LogP contribution in [0.5, 0.6) is 5.75 Å². The molecule has 0 saturated heterocycles. The molecule has 0 spiro atoms. The first-order chi connectivity index (χ1) is 14.1. The number of benzene rings is 2. The molecular formula is C23H22N4O2. The zero-order valence-corrected chi connectivity index (χ0v) is 16.1. The molecule has 0 bridgehead atoms. The predicted molar refractivity (Wildman–Crippen MR) is 113 cm³/mol. The summed E-state index contributed by atoms with van der Waals surface area (Å²) >= 11 is 0. The quantitative estimate of drug-likeness (QED) is 0.510. The van der Waals surface area contributed by atoms with E-state index in [1.165, 1.54) is 5.56 Å². The van der Waals surface area contributed by atoms with Gasteiger partial charge in [-0.2, -0.15) is 0 Å². The summed E-state index contributed by atoms with van der Waals surface area (Å²) < 4.78 is 11.3. The monoisotopic (exact) mass is 386 g/mol. The van der Waals surface area contributed by atoms with Crippen molar-refractivity contribution >= 4 is 11.6 Å². The highest BCUT2D eigenvalue weighted by atomic mass is 16.5. The fourth-order valence-corrected chi connectivity index (χ4v) is 2.98. The summed E-state index contributed by atoms with van der Waals surface area (Å²) in [5.41, 5.74) is 16.5. The van der Waals surface area contributed by atoms with E-state index in [0.29, 0.717) is 36.0 Å². The molecule has 6 nitrogen and oxygen atoms in total. The maximum absolute atomic E-state index is 5.92. The van der Waals surface area contributed by atoms with E-state index in [0.717, 1.165) is 22.6 Å². The minimum absolute atomic E-state index is 0.325. The molecule has 2 aromatic heterocycles. The van der Waals surface area contributed by atoms with Crippen molar-refractivity contribution < 1.29 is 9.26 Å². The van der Waals surface area contributed by atoms with Gasteiger partial charge in [0.25, 0.3) is 0 Å². The topological polar surface area (TPSA) is 100 Å². The highest BCUT2D eigenvalue weighted by Crippen LogP contribution is 2.26. The lowest BCUT2D eigenvalue weighted by Crippen LogP contribution is -1.97. The molecule has 0 amide bonds. The van der Waals surface area contributed by atoms with Crippen molar-refractivity contribution in [2.75, 3.05) is 11.5 Å². The predicted octanol–water partition coefficient (Wildman–Crippen LogP) is 4.38. The zero-order chi connectivity index (χ0) is 20.2. The van der Waals surface area contributed by atoms with Crippen LogP contribution in [-0.2, 0) is 13.0 Å². The van der Waals surface area contributed by atoms with Crippen LogP contribution in [0.4, 0.5) is 11.6 Å². The summed E-state index contributed by atoms with van der Waals surface area (Å²) in [5, 5.41) is 4.14. The second-order valence-electron chi connectivity index (χ2n) is 6.95. The molecule has 146 valence electrons. The molecule has 0 saturated carbocycles. The fraction of sp³-hybridized carbons (Fsp3) is 0.130. The van der Waals surface area contributed by atoms with Gasteiger partial charge in [-0.05, 0) is 42.3 Å². The van der Waals surface area contributed by atoms with Gasteiger partial charge in [0.05, 0.1) is 11.3 Å². The van der Waals surface area contributed by atoms with Crippen LogP contribution in [0, 0.1) is 6.92 Å². The molecular weight excluding hydrogens is 364 g/mol. The van der Waals surface area contributed by atoms with Gasteiger partial charge in [-0.1, -0.05) is 47.1 Å². The molecule has 0 aliphatic carbocycles. The summed E-state index contributed by atoms with van der Waals surface area (Å²) in [5.74, 6) is 2.14. The van der Waals surface area contributed by atoms with Gasteiger partial charge in [-0.15, -0.1) is 0 Å². The number of hydrogen-bond acceptors (Lipinski definition) is 6. The normalized spacial score (nSPS) is 10.8. The minimum Gasteiger partial charge on any atom is -0.489 e. The largest absolute Gasteiger partial charge is 0.489 e. The number of hydrogen-bond donors (Lipinski definition) is 2. The maximum atomic E-state index is 5.92. The third kappa shape index (κ3) is 4.55. The molecule has 2 heterocycles. The Kier molecular flexibility index (Phi) is 5.16. The molecule has 4 aromatic rings. The van der Waals surface area contributed by atoms with Crippen LogP contribution in [0.3, 0.4) is 0 Å². The first-order valence-electron chi connectivity index (χ1n) is 9.32. The average molecular weight is 386 g/mol. The van der Waals surface area contributed by atoms with Crippen LogP contribution in [0.2, 0.25) is 0 Å². The zero-order valence-electron chi connectivity index (χ0n) is 16.1. The van der Waals surface area contributed by atoms with Gasteiger partial charge >= 0.3 is 0 Å². The van der Waals surface area contributed by atoms with Crippen LogP contribution >= 0.6 is 0 Å². The van der Waals surface area contributed by atoms with E-state index in [1.807, 2.05) is 30.3 Å². The van der Waals surface area contributed by atoms with Crippen molar-refractivity contribution in [3.05, 3.63) is 89.1 Å². The standard InChI is InChI=1S/C23H22N4O2/c1-15-2-8-19(9-3-15)28-14-17-6-4-16(5-7-17)12-18-13-21(29-27-18)20-10-11-22(24)26-23(20)25/h2-11,13H,12,14H2,1H3,(H4,24,25,26).